The normalized spacial score (nSPS) is 17.7. The molecule has 2 aliphatic rings. The molecule has 160 valence electrons. The van der Waals surface area contributed by atoms with Crippen molar-refractivity contribution in [2.24, 2.45) is 0 Å². The molecule has 5 nitrogen and oxygen atoms in total. The van der Waals surface area contributed by atoms with Crippen LogP contribution in [0.3, 0.4) is 0 Å². The number of anilines is 1. The third kappa shape index (κ3) is 3.65. The van der Waals surface area contributed by atoms with Gasteiger partial charge in [0.15, 0.2) is 0 Å². The van der Waals surface area contributed by atoms with Gasteiger partial charge in [-0.15, -0.1) is 11.3 Å². The van der Waals surface area contributed by atoms with Crippen molar-refractivity contribution in [2.45, 2.75) is 24.8 Å². The van der Waals surface area contributed by atoms with Crippen LogP contribution in [0.25, 0.3) is 11.1 Å². The fraction of sp³-hybridized carbons (Fsp3) is 0.320. The van der Waals surface area contributed by atoms with Crippen molar-refractivity contribution in [3.05, 3.63) is 76.0 Å². The van der Waals surface area contributed by atoms with Crippen LogP contribution < -0.4 is 10.4 Å². The minimum atomic E-state index is -0.436. The van der Waals surface area contributed by atoms with Crippen LogP contribution in [-0.2, 0) is 12.0 Å². The summed E-state index contributed by atoms with van der Waals surface area (Å²) in [6.07, 6.45) is 2.27. The van der Waals surface area contributed by atoms with Crippen molar-refractivity contribution in [2.75, 3.05) is 31.6 Å². The molecule has 31 heavy (non-hydrogen) atoms. The van der Waals surface area contributed by atoms with Gasteiger partial charge in [0.25, 0.3) is 5.91 Å². The number of benzene rings is 2. The van der Waals surface area contributed by atoms with E-state index in [1.807, 2.05) is 6.07 Å². The largest absolute Gasteiger partial charge is 0.373 e. The maximum absolute atomic E-state index is 11.6. The second-order valence-corrected chi connectivity index (χ2v) is 9.86. The molecule has 0 radical (unpaired) electrons. The summed E-state index contributed by atoms with van der Waals surface area (Å²) in [5.74, 6) is -0.436. The standard InChI is InChI=1S/C25H27N3O2S/c1-27-17-25(21-9-5-8-20(23(21)27)18-6-3-2-4-7-18)12-14-28(15-13-25)16-19-10-11-22(31-19)24(29)26-30/h2-11,30H,12-17H2,1H3,(H,26,29). The number of likely N-dealkylation sites (N-methyl/N-ethyl adjacent to an activating group) is 1. The number of carbonyl (C=O) groups is 1. The number of thiophene rings is 1. The van der Waals surface area contributed by atoms with Crippen LogP contribution in [0.5, 0.6) is 0 Å². The molecule has 1 amide bonds. The van der Waals surface area contributed by atoms with Gasteiger partial charge in [0.2, 0.25) is 0 Å². The molecular weight excluding hydrogens is 406 g/mol. The van der Waals surface area contributed by atoms with Crippen molar-refractivity contribution in [1.82, 2.24) is 10.4 Å². The van der Waals surface area contributed by atoms with Crippen molar-refractivity contribution in [1.29, 1.82) is 0 Å². The summed E-state index contributed by atoms with van der Waals surface area (Å²) in [7, 11) is 2.23. The van der Waals surface area contributed by atoms with Crippen LogP contribution in [0.2, 0.25) is 0 Å². The molecule has 1 aromatic heterocycles. The third-order valence-corrected chi connectivity index (χ3v) is 7.86. The van der Waals surface area contributed by atoms with Gasteiger partial charge >= 0.3 is 0 Å². The Kier molecular flexibility index (Phi) is 5.30. The summed E-state index contributed by atoms with van der Waals surface area (Å²) in [4.78, 5) is 18.2. The van der Waals surface area contributed by atoms with Gasteiger partial charge in [-0.05, 0) is 49.2 Å². The van der Waals surface area contributed by atoms with Crippen LogP contribution in [0, 0.1) is 0 Å². The zero-order valence-corrected chi connectivity index (χ0v) is 18.5. The summed E-state index contributed by atoms with van der Waals surface area (Å²) in [5.41, 5.74) is 7.41. The van der Waals surface area contributed by atoms with Gasteiger partial charge in [0.1, 0.15) is 0 Å². The number of amides is 1. The Bertz CT molecular complexity index is 1090. The molecule has 3 aromatic rings. The zero-order chi connectivity index (χ0) is 21.4. The van der Waals surface area contributed by atoms with Crippen molar-refractivity contribution in [3.63, 3.8) is 0 Å². The lowest BCUT2D eigenvalue weighted by Gasteiger charge is -2.39. The minimum absolute atomic E-state index is 0.211. The van der Waals surface area contributed by atoms with Crippen LogP contribution >= 0.6 is 11.3 Å². The first-order valence-electron chi connectivity index (χ1n) is 10.8. The molecule has 2 aromatic carbocycles. The number of fused-ring (bicyclic) bond motifs is 2. The van der Waals surface area contributed by atoms with Crippen LogP contribution in [0.4, 0.5) is 5.69 Å². The predicted octanol–water partition coefficient (Wildman–Crippen LogP) is 4.52. The molecule has 0 bridgehead atoms. The number of nitrogens with one attached hydrogen (secondary N) is 1. The van der Waals surface area contributed by atoms with Gasteiger partial charge in [-0.3, -0.25) is 14.9 Å². The number of hydrogen-bond acceptors (Lipinski definition) is 5. The van der Waals surface area contributed by atoms with Gasteiger partial charge in [0.05, 0.1) is 4.88 Å². The van der Waals surface area contributed by atoms with E-state index in [-0.39, 0.29) is 5.41 Å². The smallest absolute Gasteiger partial charge is 0.284 e. The van der Waals surface area contributed by atoms with E-state index in [0.717, 1.165) is 43.9 Å². The maximum Gasteiger partial charge on any atom is 0.284 e. The number of hydroxylamine groups is 1. The summed E-state index contributed by atoms with van der Waals surface area (Å²) in [6, 6.07) is 21.3. The van der Waals surface area contributed by atoms with Gasteiger partial charge in [0, 0.05) is 41.7 Å². The van der Waals surface area contributed by atoms with E-state index in [0.29, 0.717) is 4.88 Å². The van der Waals surface area contributed by atoms with E-state index in [2.05, 4.69) is 65.4 Å². The topological polar surface area (TPSA) is 55.8 Å². The lowest BCUT2D eigenvalue weighted by atomic mass is 9.74. The van der Waals surface area contributed by atoms with E-state index in [4.69, 9.17) is 5.21 Å². The Morgan fingerprint density at radius 1 is 1.06 bits per heavy atom. The van der Waals surface area contributed by atoms with Crippen molar-refractivity contribution < 1.29 is 10.0 Å². The van der Waals surface area contributed by atoms with Gasteiger partial charge < -0.3 is 4.90 Å². The fourth-order valence-corrected chi connectivity index (χ4v) is 6.22. The molecule has 1 saturated heterocycles. The highest BCUT2D eigenvalue weighted by atomic mass is 32.1. The summed E-state index contributed by atoms with van der Waals surface area (Å²) in [6.45, 7) is 4.01. The molecule has 0 aliphatic carbocycles. The number of nitrogens with zero attached hydrogens (tertiary/aromatic N) is 2. The molecule has 0 saturated carbocycles. The van der Waals surface area contributed by atoms with Crippen LogP contribution in [0.15, 0.2) is 60.7 Å². The number of para-hydroxylation sites is 1. The number of rotatable bonds is 4. The highest BCUT2D eigenvalue weighted by Crippen LogP contribution is 2.50. The minimum Gasteiger partial charge on any atom is -0.373 e. The second-order valence-electron chi connectivity index (χ2n) is 8.69. The molecule has 3 heterocycles. The molecular formula is C25H27N3O2S. The zero-order valence-electron chi connectivity index (χ0n) is 17.7. The monoisotopic (exact) mass is 433 g/mol. The Morgan fingerprint density at radius 2 is 1.84 bits per heavy atom. The van der Waals surface area contributed by atoms with E-state index in [1.54, 1.807) is 11.5 Å². The first-order chi connectivity index (χ1) is 15.1. The highest BCUT2D eigenvalue weighted by molar-refractivity contribution is 7.14. The summed E-state index contributed by atoms with van der Waals surface area (Å²) < 4.78 is 0. The lowest BCUT2D eigenvalue weighted by molar-refractivity contribution is 0.0711. The number of likely N-dealkylation sites (tertiary alicyclic amines) is 1. The van der Waals surface area contributed by atoms with E-state index < -0.39 is 5.91 Å². The molecule has 0 unspecified atom stereocenters. The Hall–Kier alpha value is -2.67. The Balaban J connectivity index is 1.34. The molecule has 6 heteroatoms. The lowest BCUT2D eigenvalue weighted by Crippen LogP contribution is -2.44. The van der Waals surface area contributed by atoms with Crippen molar-refractivity contribution in [3.8, 4) is 11.1 Å². The maximum atomic E-state index is 11.6. The molecule has 1 fully saturated rings. The molecule has 2 aliphatic heterocycles. The van der Waals surface area contributed by atoms with Crippen LogP contribution in [0.1, 0.15) is 33.0 Å². The number of hydrogen-bond donors (Lipinski definition) is 2. The highest BCUT2D eigenvalue weighted by Gasteiger charge is 2.44. The van der Waals surface area contributed by atoms with E-state index in [9.17, 15) is 4.79 Å². The van der Waals surface area contributed by atoms with E-state index in [1.165, 1.54) is 33.7 Å². The Morgan fingerprint density at radius 3 is 2.58 bits per heavy atom. The van der Waals surface area contributed by atoms with Gasteiger partial charge in [-0.25, -0.2) is 5.48 Å². The van der Waals surface area contributed by atoms with Crippen molar-refractivity contribution >= 4 is 22.9 Å². The molecule has 5 rings (SSSR count). The summed E-state index contributed by atoms with van der Waals surface area (Å²) >= 11 is 1.45. The number of piperidine rings is 1. The average molecular weight is 434 g/mol. The number of carbonyl (C=O) groups excluding carboxylic acids is 1. The Labute approximate surface area is 186 Å². The molecule has 2 N–H and O–H groups in total. The second kappa shape index (κ2) is 8.11. The van der Waals surface area contributed by atoms with Gasteiger partial charge in [-0.2, -0.15) is 0 Å². The third-order valence-electron chi connectivity index (χ3n) is 6.79. The molecule has 0 atom stereocenters. The van der Waals surface area contributed by atoms with E-state index >= 15 is 0 Å². The van der Waals surface area contributed by atoms with Gasteiger partial charge in [-0.1, -0.05) is 48.5 Å². The molecule has 1 spiro atoms. The van der Waals surface area contributed by atoms with Crippen LogP contribution in [-0.4, -0.2) is 42.7 Å². The fourth-order valence-electron chi connectivity index (χ4n) is 5.28. The first-order valence-corrected chi connectivity index (χ1v) is 11.6. The summed E-state index contributed by atoms with van der Waals surface area (Å²) in [5, 5.41) is 8.82. The first kappa shape index (κ1) is 20.2. The predicted molar refractivity (Wildman–Crippen MR) is 125 cm³/mol. The quantitative estimate of drug-likeness (QED) is 0.469. The average Bonchev–Trinajstić information content (AvgIpc) is 3.38. The SMILES string of the molecule is CN1CC2(CCN(Cc3ccc(C(=O)NO)s3)CC2)c2cccc(-c3ccccc3)c21.